The lowest BCUT2D eigenvalue weighted by atomic mass is 10.1. The third-order valence-electron chi connectivity index (χ3n) is 2.51. The van der Waals surface area contributed by atoms with Crippen molar-refractivity contribution in [3.8, 4) is 0 Å². The summed E-state index contributed by atoms with van der Waals surface area (Å²) in [6.07, 6.45) is 0.921. The number of likely N-dealkylation sites (N-methyl/N-ethyl adjacent to an activating group) is 1. The molecule has 0 bridgehead atoms. The molecule has 1 aromatic rings. The molecule has 0 spiro atoms. The minimum absolute atomic E-state index is 0.160. The van der Waals surface area contributed by atoms with Gasteiger partial charge in [-0.25, -0.2) is 4.39 Å². The topological polar surface area (TPSA) is 21.3 Å². The summed E-state index contributed by atoms with van der Waals surface area (Å²) in [5, 5.41) is 3.32. The second-order valence-corrected chi connectivity index (χ2v) is 4.73. The molecule has 1 rings (SSSR count). The van der Waals surface area contributed by atoms with Gasteiger partial charge in [-0.15, -0.1) is 0 Å². The molecule has 0 aliphatic carbocycles. The van der Waals surface area contributed by atoms with Crippen LogP contribution in [0.5, 0.6) is 0 Å². The second kappa shape index (κ2) is 6.94. The van der Waals surface area contributed by atoms with Gasteiger partial charge < -0.3 is 10.1 Å². The SMILES string of the molecule is CNC(COC(C)C)Cc1ccc(Cl)c(F)c1. The molecular formula is C13H19ClFNO. The Morgan fingerprint density at radius 3 is 2.65 bits per heavy atom. The van der Waals surface area contributed by atoms with Gasteiger partial charge in [-0.05, 0) is 45.0 Å². The van der Waals surface area contributed by atoms with Crippen LogP contribution in [0.2, 0.25) is 5.02 Å². The van der Waals surface area contributed by atoms with E-state index in [9.17, 15) is 4.39 Å². The molecule has 96 valence electrons. The van der Waals surface area contributed by atoms with Gasteiger partial charge in [-0.2, -0.15) is 0 Å². The number of ether oxygens (including phenoxy) is 1. The molecule has 0 aromatic heterocycles. The van der Waals surface area contributed by atoms with Crippen LogP contribution in [0, 0.1) is 5.82 Å². The molecule has 1 atom stereocenters. The van der Waals surface area contributed by atoms with Gasteiger partial charge in [0.1, 0.15) is 5.82 Å². The van der Waals surface area contributed by atoms with Crippen molar-refractivity contribution in [2.24, 2.45) is 0 Å². The van der Waals surface area contributed by atoms with Crippen molar-refractivity contribution < 1.29 is 9.13 Å². The van der Waals surface area contributed by atoms with Crippen LogP contribution in [0.1, 0.15) is 19.4 Å². The van der Waals surface area contributed by atoms with Crippen LogP contribution in [0.25, 0.3) is 0 Å². The molecule has 1 aromatic carbocycles. The molecule has 0 saturated carbocycles. The predicted octanol–water partition coefficient (Wildman–Crippen LogP) is 3.03. The van der Waals surface area contributed by atoms with Gasteiger partial charge in [0, 0.05) is 6.04 Å². The monoisotopic (exact) mass is 259 g/mol. The van der Waals surface area contributed by atoms with Crippen molar-refractivity contribution >= 4 is 11.6 Å². The average Bonchev–Trinajstić information content (AvgIpc) is 2.28. The normalized spacial score (nSPS) is 13.1. The fraction of sp³-hybridized carbons (Fsp3) is 0.538. The number of rotatable bonds is 6. The Bertz CT molecular complexity index is 357. The van der Waals surface area contributed by atoms with E-state index in [0.29, 0.717) is 6.61 Å². The van der Waals surface area contributed by atoms with E-state index in [1.165, 1.54) is 6.07 Å². The van der Waals surface area contributed by atoms with E-state index in [1.54, 1.807) is 6.07 Å². The van der Waals surface area contributed by atoms with Crippen LogP contribution in [-0.2, 0) is 11.2 Å². The molecule has 1 N–H and O–H groups in total. The van der Waals surface area contributed by atoms with E-state index in [4.69, 9.17) is 16.3 Å². The molecule has 0 aliphatic rings. The van der Waals surface area contributed by atoms with Crippen molar-refractivity contribution in [1.82, 2.24) is 5.32 Å². The van der Waals surface area contributed by atoms with Gasteiger partial charge in [0.25, 0.3) is 0 Å². The summed E-state index contributed by atoms with van der Waals surface area (Å²) in [5.74, 6) is -0.371. The maximum atomic E-state index is 13.3. The predicted molar refractivity (Wildman–Crippen MR) is 69.0 cm³/mol. The Morgan fingerprint density at radius 2 is 2.12 bits per heavy atom. The summed E-state index contributed by atoms with van der Waals surface area (Å²) >= 11 is 5.64. The van der Waals surface area contributed by atoms with E-state index >= 15 is 0 Å². The number of halogens is 2. The molecule has 1 unspecified atom stereocenters. The highest BCUT2D eigenvalue weighted by molar-refractivity contribution is 6.30. The first-order valence-electron chi connectivity index (χ1n) is 5.75. The maximum absolute atomic E-state index is 13.3. The zero-order valence-electron chi connectivity index (χ0n) is 10.5. The highest BCUT2D eigenvalue weighted by Crippen LogP contribution is 2.16. The highest BCUT2D eigenvalue weighted by Gasteiger charge is 2.10. The highest BCUT2D eigenvalue weighted by atomic mass is 35.5. The van der Waals surface area contributed by atoms with E-state index in [0.717, 1.165) is 12.0 Å². The van der Waals surface area contributed by atoms with E-state index in [1.807, 2.05) is 27.0 Å². The average molecular weight is 260 g/mol. The Hall–Kier alpha value is -0.640. The minimum atomic E-state index is -0.371. The number of hydrogen-bond acceptors (Lipinski definition) is 2. The molecular weight excluding hydrogens is 241 g/mol. The Morgan fingerprint density at radius 1 is 1.41 bits per heavy atom. The molecule has 0 fully saturated rings. The molecule has 0 saturated heterocycles. The number of nitrogens with one attached hydrogen (secondary N) is 1. The molecule has 2 nitrogen and oxygen atoms in total. The summed E-state index contributed by atoms with van der Waals surface area (Å²) < 4.78 is 18.8. The standard InChI is InChI=1S/C13H19ClFNO/c1-9(2)17-8-11(16-3)6-10-4-5-12(14)13(15)7-10/h4-5,7,9,11,16H,6,8H2,1-3H3. The maximum Gasteiger partial charge on any atom is 0.142 e. The lowest BCUT2D eigenvalue weighted by Crippen LogP contribution is -2.33. The van der Waals surface area contributed by atoms with Crippen molar-refractivity contribution in [1.29, 1.82) is 0 Å². The smallest absolute Gasteiger partial charge is 0.142 e. The summed E-state index contributed by atoms with van der Waals surface area (Å²) in [7, 11) is 1.88. The van der Waals surface area contributed by atoms with Crippen LogP contribution >= 0.6 is 11.6 Å². The third kappa shape index (κ3) is 5.02. The van der Waals surface area contributed by atoms with Gasteiger partial charge in [0.2, 0.25) is 0 Å². The lowest BCUT2D eigenvalue weighted by molar-refractivity contribution is 0.0627. The summed E-state index contributed by atoms with van der Waals surface area (Å²) in [4.78, 5) is 0. The van der Waals surface area contributed by atoms with E-state index in [-0.39, 0.29) is 23.0 Å². The molecule has 17 heavy (non-hydrogen) atoms. The molecule has 0 aliphatic heterocycles. The molecule has 0 heterocycles. The summed E-state index contributed by atoms with van der Waals surface area (Å²) in [5.41, 5.74) is 0.915. The van der Waals surface area contributed by atoms with Crippen molar-refractivity contribution in [2.45, 2.75) is 32.4 Å². The van der Waals surface area contributed by atoms with Crippen LogP contribution in [0.4, 0.5) is 4.39 Å². The van der Waals surface area contributed by atoms with E-state index in [2.05, 4.69) is 5.32 Å². The van der Waals surface area contributed by atoms with Crippen LogP contribution in [0.3, 0.4) is 0 Å². The van der Waals surface area contributed by atoms with Crippen LogP contribution in [-0.4, -0.2) is 25.8 Å². The largest absolute Gasteiger partial charge is 0.377 e. The third-order valence-corrected chi connectivity index (χ3v) is 2.81. The second-order valence-electron chi connectivity index (χ2n) is 4.32. The molecule has 0 radical (unpaired) electrons. The first-order chi connectivity index (χ1) is 8.02. The van der Waals surface area contributed by atoms with Crippen molar-refractivity contribution in [2.75, 3.05) is 13.7 Å². The molecule has 0 amide bonds. The fourth-order valence-corrected chi connectivity index (χ4v) is 1.62. The fourth-order valence-electron chi connectivity index (χ4n) is 1.50. The minimum Gasteiger partial charge on any atom is -0.377 e. The number of benzene rings is 1. The van der Waals surface area contributed by atoms with Gasteiger partial charge in [-0.1, -0.05) is 17.7 Å². The van der Waals surface area contributed by atoms with Crippen molar-refractivity contribution in [3.63, 3.8) is 0 Å². The lowest BCUT2D eigenvalue weighted by Gasteiger charge is -2.18. The Balaban J connectivity index is 2.57. The Labute approximate surface area is 107 Å². The summed E-state index contributed by atoms with van der Waals surface area (Å²) in [6, 6.07) is 5.08. The first-order valence-corrected chi connectivity index (χ1v) is 6.13. The van der Waals surface area contributed by atoms with E-state index < -0.39 is 0 Å². The van der Waals surface area contributed by atoms with Gasteiger partial charge in [-0.3, -0.25) is 0 Å². The molecule has 4 heteroatoms. The van der Waals surface area contributed by atoms with Crippen LogP contribution < -0.4 is 5.32 Å². The first kappa shape index (κ1) is 14.4. The zero-order chi connectivity index (χ0) is 12.8. The van der Waals surface area contributed by atoms with Gasteiger partial charge >= 0.3 is 0 Å². The zero-order valence-corrected chi connectivity index (χ0v) is 11.2. The van der Waals surface area contributed by atoms with Crippen molar-refractivity contribution in [3.05, 3.63) is 34.6 Å². The number of hydrogen-bond donors (Lipinski definition) is 1. The van der Waals surface area contributed by atoms with Crippen LogP contribution in [0.15, 0.2) is 18.2 Å². The quantitative estimate of drug-likeness (QED) is 0.848. The summed E-state index contributed by atoms with van der Waals surface area (Å²) in [6.45, 7) is 4.60. The van der Waals surface area contributed by atoms with Gasteiger partial charge in [0.05, 0.1) is 17.7 Å². The Kier molecular flexibility index (Phi) is 5.89. The van der Waals surface area contributed by atoms with Gasteiger partial charge in [0.15, 0.2) is 0 Å².